The van der Waals surface area contributed by atoms with E-state index in [2.05, 4.69) is 179 Å². The summed E-state index contributed by atoms with van der Waals surface area (Å²) in [6.45, 7) is 4.44. The predicted octanol–water partition coefficient (Wildman–Crippen LogP) is 10.9. The number of allylic oxidation sites excluding steroid dienone is 8. The zero-order valence-corrected chi connectivity index (χ0v) is 35.0. The first-order valence-electron chi connectivity index (χ1n) is 18.1. The molecule has 7 heteroatoms. The number of hydrogen-bond acceptors (Lipinski definition) is 0. The van der Waals surface area contributed by atoms with Crippen LogP contribution in [0.4, 0.5) is 0 Å². The van der Waals surface area contributed by atoms with Gasteiger partial charge < -0.3 is 21.3 Å². The molecule has 4 nitrogen and oxygen atoms in total. The summed E-state index contributed by atoms with van der Waals surface area (Å²) in [4.78, 5) is 0. The molecule has 0 N–H and O–H groups in total. The van der Waals surface area contributed by atoms with Crippen LogP contribution in [0.3, 0.4) is 0 Å². The molecule has 1 atom stereocenters. The second-order valence-corrected chi connectivity index (χ2v) is 17.1. The molecule has 0 radical (unpaired) electrons. The van der Waals surface area contributed by atoms with Gasteiger partial charge in [-0.15, -0.1) is 31.8 Å². The van der Waals surface area contributed by atoms with Gasteiger partial charge in [-0.2, -0.15) is 23.3 Å². The van der Waals surface area contributed by atoms with E-state index in [1.54, 1.807) is 0 Å². The van der Waals surface area contributed by atoms with Crippen molar-refractivity contribution in [1.29, 1.82) is 0 Å². The Hall–Kier alpha value is -4.76. The smallest absolute Gasteiger partial charge is 0.685 e. The van der Waals surface area contributed by atoms with E-state index >= 15 is 0 Å². The van der Waals surface area contributed by atoms with Crippen LogP contribution < -0.4 is 21.2 Å². The summed E-state index contributed by atoms with van der Waals surface area (Å²) in [6, 6.07) is 43.9. The Morgan fingerprint density at radius 3 is 1.43 bits per heavy atom. The monoisotopic (exact) mass is 920 g/mol. The molecule has 0 saturated carbocycles. The van der Waals surface area contributed by atoms with Gasteiger partial charge >= 0.3 is 19.8 Å². The molecule has 54 heavy (non-hydrogen) atoms. The maximum absolute atomic E-state index is 4.39. The van der Waals surface area contributed by atoms with Crippen molar-refractivity contribution in [3.05, 3.63) is 250 Å². The second kappa shape index (κ2) is 22.5. The van der Waals surface area contributed by atoms with Crippen LogP contribution in [0.5, 0.6) is 0 Å². The third-order valence-corrected chi connectivity index (χ3v) is 13.8. The number of nitrogens with zero attached hydrogens (tertiary/aromatic N) is 4. The summed E-state index contributed by atoms with van der Waals surface area (Å²) < 4.78 is 0. The fourth-order valence-corrected chi connectivity index (χ4v) is 10.9. The first-order valence-corrected chi connectivity index (χ1v) is 21.2. The van der Waals surface area contributed by atoms with E-state index in [1.807, 2.05) is 54.8 Å². The largest absolute Gasteiger partial charge is 4.00 e. The second-order valence-electron chi connectivity index (χ2n) is 12.4. The molecule has 4 aromatic carbocycles. The van der Waals surface area contributed by atoms with E-state index in [0.29, 0.717) is 0 Å². The summed E-state index contributed by atoms with van der Waals surface area (Å²) >= 11 is 0. The fraction of sp³-hybridized carbons (Fsp3) is 0.106. The molecule has 8 rings (SSSR count). The Morgan fingerprint density at radius 2 is 1.02 bits per heavy atom. The van der Waals surface area contributed by atoms with Crippen LogP contribution >= 0.6 is 15.8 Å². The summed E-state index contributed by atoms with van der Waals surface area (Å²) in [7, 11) is -1.93. The summed E-state index contributed by atoms with van der Waals surface area (Å²) in [5.41, 5.74) is 4.35. The average molecular weight is 919 g/mol. The van der Waals surface area contributed by atoms with Gasteiger partial charge in [0.2, 0.25) is 0 Å². The minimum absolute atomic E-state index is 0. The molecule has 0 spiro atoms. The van der Waals surface area contributed by atoms with Crippen molar-refractivity contribution in [2.24, 2.45) is 0 Å². The molecular formula is C47H46N4OsP2+2. The maximum Gasteiger partial charge on any atom is 4.00 e. The van der Waals surface area contributed by atoms with Crippen LogP contribution in [-0.2, 0) is 19.8 Å². The molecule has 4 aromatic rings. The van der Waals surface area contributed by atoms with Crippen molar-refractivity contribution < 1.29 is 19.8 Å². The fourth-order valence-electron chi connectivity index (χ4n) is 5.93. The van der Waals surface area contributed by atoms with Crippen LogP contribution in [0.15, 0.2) is 229 Å². The number of benzene rings is 4. The maximum atomic E-state index is 4.39. The molecule has 0 saturated heterocycles. The minimum Gasteiger partial charge on any atom is -0.685 e. The SMILES string of the molecule is C(=C/[PH+](c1ccccc1)c1ccccc1)/[PH+](c1ccccc1)c1ccccc1.C1=CC[N-]C(C2C=CC=C[N-]2)=C1.CC1=CC[N-]C(C2=CC=CC[N-]2)=C1.[Os+4]. The number of rotatable bonds is 8. The van der Waals surface area contributed by atoms with Gasteiger partial charge in [0, 0.05) is 0 Å². The van der Waals surface area contributed by atoms with Crippen LogP contribution in [0.2, 0.25) is 0 Å². The van der Waals surface area contributed by atoms with E-state index in [0.717, 1.165) is 36.7 Å². The van der Waals surface area contributed by atoms with Gasteiger partial charge in [-0.25, -0.2) is 0 Å². The molecule has 0 bridgehead atoms. The van der Waals surface area contributed by atoms with Crippen molar-refractivity contribution in [3.63, 3.8) is 0 Å². The first kappa shape index (κ1) is 40.4. The van der Waals surface area contributed by atoms with Crippen molar-refractivity contribution in [2.45, 2.75) is 13.0 Å². The van der Waals surface area contributed by atoms with E-state index < -0.39 is 15.8 Å². The molecular weight excluding hydrogens is 873 g/mol. The molecule has 1 unspecified atom stereocenters. The van der Waals surface area contributed by atoms with Gasteiger partial charge in [0.05, 0.1) is 15.8 Å². The minimum atomic E-state index is -0.964. The molecule has 0 aliphatic carbocycles. The van der Waals surface area contributed by atoms with Gasteiger partial charge in [0.1, 0.15) is 32.9 Å². The summed E-state index contributed by atoms with van der Waals surface area (Å²) in [6.07, 6.45) is 24.2. The predicted molar refractivity (Wildman–Crippen MR) is 236 cm³/mol. The summed E-state index contributed by atoms with van der Waals surface area (Å²) in [5, 5.41) is 23.1. The summed E-state index contributed by atoms with van der Waals surface area (Å²) in [5.74, 6) is 5.01. The van der Waals surface area contributed by atoms with E-state index in [9.17, 15) is 0 Å². The van der Waals surface area contributed by atoms with Gasteiger partial charge in [0.15, 0.2) is 0 Å². The molecule has 4 aliphatic heterocycles. The molecule has 4 aliphatic rings. The molecule has 4 heterocycles. The van der Waals surface area contributed by atoms with E-state index in [-0.39, 0.29) is 25.8 Å². The first-order chi connectivity index (χ1) is 26.2. The van der Waals surface area contributed by atoms with E-state index in [1.165, 1.54) is 26.8 Å². The Morgan fingerprint density at radius 1 is 0.537 bits per heavy atom. The van der Waals surface area contributed by atoms with Crippen LogP contribution in [0.25, 0.3) is 21.3 Å². The Bertz CT molecular complexity index is 1850. The van der Waals surface area contributed by atoms with Crippen molar-refractivity contribution >= 4 is 37.1 Å². The van der Waals surface area contributed by atoms with Gasteiger partial charge in [0.25, 0.3) is 0 Å². The van der Waals surface area contributed by atoms with Gasteiger partial charge in [-0.05, 0) is 55.5 Å². The van der Waals surface area contributed by atoms with Gasteiger partial charge in [-0.1, -0.05) is 139 Å². The van der Waals surface area contributed by atoms with Crippen LogP contribution in [0, 0.1) is 0 Å². The van der Waals surface area contributed by atoms with Gasteiger partial charge in [-0.3, -0.25) is 0 Å². The zero-order chi connectivity index (χ0) is 36.3. The Labute approximate surface area is 337 Å². The molecule has 270 valence electrons. The molecule has 0 fully saturated rings. The Kier molecular flexibility index (Phi) is 16.8. The average Bonchev–Trinajstić information content (AvgIpc) is 3.25. The normalized spacial score (nSPS) is 16.7. The zero-order valence-electron chi connectivity index (χ0n) is 30.5. The van der Waals surface area contributed by atoms with Crippen molar-refractivity contribution in [1.82, 2.24) is 0 Å². The number of hydrogen-bond donors (Lipinski definition) is 0. The van der Waals surface area contributed by atoms with E-state index in [4.69, 9.17) is 0 Å². The topological polar surface area (TPSA) is 56.4 Å². The Balaban J connectivity index is 0.000000178. The van der Waals surface area contributed by atoms with Crippen molar-refractivity contribution in [3.8, 4) is 0 Å². The molecule has 0 aromatic heterocycles. The standard InChI is InChI=1S/C26H22P2.C11H12N2.C10H10N2.Os/c1-5-13-23(14-6-1)27(24-15-7-2-8-16-24)21-22-28(25-17-9-3-10-18-25)26-19-11-4-12-20-26;1-9-5-7-13-11(8-9)10-4-2-3-6-12-10;1-3-7-11-9(5-1)10-6-2-4-8-12-10;/h1-22H;2-5,8H,6-7H2,1H3;1-7,9H,8H2;/q;2*-2;+4/p+2/b22-21-;;;. The molecule has 0 amide bonds. The quantitative estimate of drug-likeness (QED) is 0.158. The third kappa shape index (κ3) is 12.4. The van der Waals surface area contributed by atoms with Crippen molar-refractivity contribution in [2.75, 3.05) is 19.6 Å². The van der Waals surface area contributed by atoms with Crippen LogP contribution in [-0.4, -0.2) is 25.7 Å². The third-order valence-electron chi connectivity index (χ3n) is 8.64. The van der Waals surface area contributed by atoms with Crippen LogP contribution in [0.1, 0.15) is 6.92 Å².